The number of hydrogen-bond donors (Lipinski definition) is 2. The van der Waals surface area contributed by atoms with Crippen LogP contribution in [-0.4, -0.2) is 69.5 Å². The second-order valence-corrected chi connectivity index (χ2v) is 4.70. The molecule has 0 aromatic carbocycles. The Balaban J connectivity index is 2.18. The number of rotatable bonds is 7. The van der Waals surface area contributed by atoms with Crippen molar-refractivity contribution in [3.05, 3.63) is 0 Å². The lowest BCUT2D eigenvalue weighted by Crippen LogP contribution is -2.51. The Morgan fingerprint density at radius 2 is 2.44 bits per heavy atom. The summed E-state index contributed by atoms with van der Waals surface area (Å²) in [6.45, 7) is 5.83. The van der Waals surface area contributed by atoms with Gasteiger partial charge < -0.3 is 20.5 Å². The van der Waals surface area contributed by atoms with E-state index in [2.05, 4.69) is 10.2 Å². The SMILES string of the molecule is COCCCNC(=O)CN1CCOC(C(C)N)C1. The van der Waals surface area contributed by atoms with E-state index in [-0.39, 0.29) is 18.1 Å². The van der Waals surface area contributed by atoms with Gasteiger partial charge in [0, 0.05) is 39.4 Å². The molecule has 1 amide bonds. The largest absolute Gasteiger partial charge is 0.385 e. The van der Waals surface area contributed by atoms with Gasteiger partial charge in [-0.15, -0.1) is 0 Å². The van der Waals surface area contributed by atoms with Crippen LogP contribution >= 0.6 is 0 Å². The Hall–Kier alpha value is -0.690. The summed E-state index contributed by atoms with van der Waals surface area (Å²) in [5.74, 6) is 0.0522. The van der Waals surface area contributed by atoms with Crippen LogP contribution in [-0.2, 0) is 14.3 Å². The minimum atomic E-state index is -0.00226. The number of morpholine rings is 1. The van der Waals surface area contributed by atoms with Crippen molar-refractivity contribution in [2.24, 2.45) is 5.73 Å². The van der Waals surface area contributed by atoms with Crippen molar-refractivity contribution in [1.82, 2.24) is 10.2 Å². The molecule has 0 radical (unpaired) electrons. The van der Waals surface area contributed by atoms with Crippen molar-refractivity contribution in [1.29, 1.82) is 0 Å². The summed E-state index contributed by atoms with van der Waals surface area (Å²) in [6.07, 6.45) is 0.869. The molecule has 1 aliphatic heterocycles. The number of carbonyl (C=O) groups excluding carboxylic acids is 1. The highest BCUT2D eigenvalue weighted by Crippen LogP contribution is 2.07. The summed E-state index contributed by atoms with van der Waals surface area (Å²) in [5, 5.41) is 2.88. The van der Waals surface area contributed by atoms with Crippen LogP contribution in [0, 0.1) is 0 Å². The van der Waals surface area contributed by atoms with Crippen molar-refractivity contribution in [2.45, 2.75) is 25.5 Å². The monoisotopic (exact) mass is 259 g/mol. The molecule has 106 valence electrons. The van der Waals surface area contributed by atoms with E-state index in [1.165, 1.54) is 0 Å². The fourth-order valence-electron chi connectivity index (χ4n) is 1.90. The molecule has 2 atom stereocenters. The standard InChI is InChI=1S/C12H25N3O3/c1-10(13)11-8-15(5-7-18-11)9-12(16)14-4-3-6-17-2/h10-11H,3-9,13H2,1-2H3,(H,14,16). The fraction of sp³-hybridized carbons (Fsp3) is 0.917. The summed E-state index contributed by atoms with van der Waals surface area (Å²) >= 11 is 0. The molecule has 2 unspecified atom stereocenters. The zero-order valence-corrected chi connectivity index (χ0v) is 11.4. The van der Waals surface area contributed by atoms with Gasteiger partial charge in [0.05, 0.1) is 19.3 Å². The molecule has 0 spiro atoms. The minimum Gasteiger partial charge on any atom is -0.385 e. The highest BCUT2D eigenvalue weighted by Gasteiger charge is 2.24. The zero-order chi connectivity index (χ0) is 13.4. The van der Waals surface area contributed by atoms with E-state index >= 15 is 0 Å². The zero-order valence-electron chi connectivity index (χ0n) is 11.4. The molecule has 1 heterocycles. The highest BCUT2D eigenvalue weighted by molar-refractivity contribution is 5.77. The maximum atomic E-state index is 11.7. The first kappa shape index (κ1) is 15.4. The summed E-state index contributed by atoms with van der Waals surface area (Å²) < 4.78 is 10.5. The number of carbonyl (C=O) groups is 1. The second kappa shape index (κ2) is 8.42. The van der Waals surface area contributed by atoms with Crippen LogP contribution < -0.4 is 11.1 Å². The second-order valence-electron chi connectivity index (χ2n) is 4.70. The normalized spacial score (nSPS) is 22.7. The van der Waals surface area contributed by atoms with E-state index in [9.17, 15) is 4.79 Å². The Morgan fingerprint density at radius 1 is 1.67 bits per heavy atom. The molecule has 0 saturated carbocycles. The van der Waals surface area contributed by atoms with Crippen LogP contribution in [0.15, 0.2) is 0 Å². The molecular formula is C12H25N3O3. The van der Waals surface area contributed by atoms with Crippen LogP contribution in [0.1, 0.15) is 13.3 Å². The number of nitrogens with one attached hydrogen (secondary N) is 1. The first-order valence-electron chi connectivity index (χ1n) is 6.48. The van der Waals surface area contributed by atoms with Crippen molar-refractivity contribution < 1.29 is 14.3 Å². The molecule has 0 aliphatic carbocycles. The Morgan fingerprint density at radius 3 is 3.11 bits per heavy atom. The summed E-state index contributed by atoms with van der Waals surface area (Å²) in [6, 6.07) is -0.00226. The summed E-state index contributed by atoms with van der Waals surface area (Å²) in [5.41, 5.74) is 5.81. The molecule has 3 N–H and O–H groups in total. The fourth-order valence-corrected chi connectivity index (χ4v) is 1.90. The molecule has 6 nitrogen and oxygen atoms in total. The third kappa shape index (κ3) is 5.77. The average Bonchev–Trinajstić information content (AvgIpc) is 2.35. The van der Waals surface area contributed by atoms with E-state index < -0.39 is 0 Å². The first-order chi connectivity index (χ1) is 8.63. The third-order valence-electron chi connectivity index (χ3n) is 2.98. The first-order valence-corrected chi connectivity index (χ1v) is 6.48. The van der Waals surface area contributed by atoms with Gasteiger partial charge in [-0.2, -0.15) is 0 Å². The lowest BCUT2D eigenvalue weighted by molar-refractivity contribution is -0.124. The summed E-state index contributed by atoms with van der Waals surface area (Å²) in [4.78, 5) is 13.8. The van der Waals surface area contributed by atoms with Crippen LogP contribution in [0.2, 0.25) is 0 Å². The maximum absolute atomic E-state index is 11.7. The Bertz CT molecular complexity index is 249. The molecule has 6 heteroatoms. The van der Waals surface area contributed by atoms with Crippen molar-refractivity contribution in [3.8, 4) is 0 Å². The van der Waals surface area contributed by atoms with Gasteiger partial charge in [-0.25, -0.2) is 0 Å². The minimum absolute atomic E-state index is 0.00226. The van der Waals surface area contributed by atoms with Gasteiger partial charge >= 0.3 is 0 Å². The number of methoxy groups -OCH3 is 1. The number of ether oxygens (including phenoxy) is 2. The van der Waals surface area contributed by atoms with Gasteiger partial charge in [-0.3, -0.25) is 9.69 Å². The van der Waals surface area contributed by atoms with Gasteiger partial charge in [0.15, 0.2) is 0 Å². The van der Waals surface area contributed by atoms with E-state index in [0.29, 0.717) is 26.3 Å². The summed E-state index contributed by atoms with van der Waals surface area (Å²) in [7, 11) is 1.66. The van der Waals surface area contributed by atoms with Crippen molar-refractivity contribution >= 4 is 5.91 Å². The van der Waals surface area contributed by atoms with Crippen molar-refractivity contribution in [3.63, 3.8) is 0 Å². The molecular weight excluding hydrogens is 234 g/mol. The van der Waals surface area contributed by atoms with Gasteiger partial charge in [-0.1, -0.05) is 0 Å². The van der Waals surface area contributed by atoms with Gasteiger partial charge in [0.2, 0.25) is 5.91 Å². The van der Waals surface area contributed by atoms with E-state index in [1.807, 2.05) is 6.92 Å². The topological polar surface area (TPSA) is 76.8 Å². The Labute approximate surface area is 109 Å². The number of amides is 1. The van der Waals surface area contributed by atoms with Crippen LogP contribution in [0.5, 0.6) is 0 Å². The van der Waals surface area contributed by atoms with E-state index in [0.717, 1.165) is 19.5 Å². The van der Waals surface area contributed by atoms with Crippen LogP contribution in [0.25, 0.3) is 0 Å². The smallest absolute Gasteiger partial charge is 0.234 e. The average molecular weight is 259 g/mol. The molecule has 1 rings (SSSR count). The molecule has 0 aromatic rings. The number of hydrogen-bond acceptors (Lipinski definition) is 5. The molecule has 1 aliphatic rings. The van der Waals surface area contributed by atoms with Gasteiger partial charge in [0.1, 0.15) is 0 Å². The predicted molar refractivity (Wildman–Crippen MR) is 69.3 cm³/mol. The maximum Gasteiger partial charge on any atom is 0.234 e. The van der Waals surface area contributed by atoms with E-state index in [4.69, 9.17) is 15.2 Å². The van der Waals surface area contributed by atoms with Gasteiger partial charge in [0.25, 0.3) is 0 Å². The lowest BCUT2D eigenvalue weighted by Gasteiger charge is -2.34. The molecule has 1 saturated heterocycles. The molecule has 0 bridgehead atoms. The number of nitrogens with zero attached hydrogens (tertiary/aromatic N) is 1. The molecule has 0 aromatic heterocycles. The highest BCUT2D eigenvalue weighted by atomic mass is 16.5. The quantitative estimate of drug-likeness (QED) is 0.585. The number of nitrogens with two attached hydrogens (primary N) is 1. The lowest BCUT2D eigenvalue weighted by atomic mass is 10.1. The van der Waals surface area contributed by atoms with Crippen LogP contribution in [0.3, 0.4) is 0 Å². The van der Waals surface area contributed by atoms with Gasteiger partial charge in [-0.05, 0) is 13.3 Å². The van der Waals surface area contributed by atoms with Crippen LogP contribution in [0.4, 0.5) is 0 Å². The van der Waals surface area contributed by atoms with Crippen molar-refractivity contribution in [2.75, 3.05) is 46.5 Å². The molecule has 18 heavy (non-hydrogen) atoms. The molecule has 1 fully saturated rings. The predicted octanol–water partition coefficient (Wildman–Crippen LogP) is -0.813. The Kier molecular flexibility index (Phi) is 7.19. The third-order valence-corrected chi connectivity index (χ3v) is 2.98. The van der Waals surface area contributed by atoms with E-state index in [1.54, 1.807) is 7.11 Å².